The molecule has 1 fully saturated rings. The molecule has 1 heterocycles. The molecule has 1 saturated heterocycles. The van der Waals surface area contributed by atoms with Gasteiger partial charge < -0.3 is 10.1 Å². The molecule has 0 aliphatic carbocycles. The number of nitrogens with one attached hydrogen (secondary N) is 1. The summed E-state index contributed by atoms with van der Waals surface area (Å²) in [7, 11) is 0. The van der Waals surface area contributed by atoms with E-state index in [9.17, 15) is 13.6 Å². The number of amides is 1. The quantitative estimate of drug-likeness (QED) is 0.740. The molecule has 0 aromatic heterocycles. The third kappa shape index (κ3) is 5.38. The summed E-state index contributed by atoms with van der Waals surface area (Å²) in [6, 6.07) is 13.9. The molecule has 3 nitrogen and oxygen atoms in total. The molecule has 0 radical (unpaired) electrons. The maximum atomic E-state index is 12.3. The van der Waals surface area contributed by atoms with E-state index in [1.807, 2.05) is 47.8 Å². The van der Waals surface area contributed by atoms with Gasteiger partial charge in [0, 0.05) is 12.1 Å². The highest BCUT2D eigenvalue weighted by atomic mass is 32.2. The van der Waals surface area contributed by atoms with Gasteiger partial charge in [0.05, 0.1) is 4.58 Å². The molecule has 7 heteroatoms. The molecule has 138 valence electrons. The Hall–Kier alpha value is -1.73. The summed E-state index contributed by atoms with van der Waals surface area (Å²) in [5.74, 6) is 2.31. The van der Waals surface area contributed by atoms with Crippen molar-refractivity contribution in [3.8, 4) is 5.75 Å². The largest absolute Gasteiger partial charge is 0.435 e. The first-order valence-corrected chi connectivity index (χ1v) is 10.4. The van der Waals surface area contributed by atoms with Gasteiger partial charge in [0.1, 0.15) is 5.75 Å². The van der Waals surface area contributed by atoms with E-state index in [0.717, 1.165) is 5.56 Å². The molecule has 0 bridgehead atoms. The maximum absolute atomic E-state index is 12.3. The Kier molecular flexibility index (Phi) is 6.80. The van der Waals surface area contributed by atoms with E-state index in [1.165, 1.54) is 35.6 Å². The van der Waals surface area contributed by atoms with Crippen LogP contribution in [0.1, 0.15) is 32.5 Å². The highest BCUT2D eigenvalue weighted by Gasteiger charge is 2.17. The van der Waals surface area contributed by atoms with E-state index in [4.69, 9.17) is 0 Å². The van der Waals surface area contributed by atoms with Crippen molar-refractivity contribution in [2.45, 2.75) is 24.2 Å². The van der Waals surface area contributed by atoms with Crippen molar-refractivity contribution in [1.29, 1.82) is 0 Å². The molecular weight excluding hydrogens is 376 g/mol. The van der Waals surface area contributed by atoms with Gasteiger partial charge in [-0.25, -0.2) is 0 Å². The SMILES string of the molecule is O=C(NCc1ccc(OC(F)F)cc1)c1ccc(C2SCCCS2)cc1. The second kappa shape index (κ2) is 9.28. The van der Waals surface area contributed by atoms with Gasteiger partial charge in [0.15, 0.2) is 0 Å². The number of benzene rings is 2. The van der Waals surface area contributed by atoms with E-state index >= 15 is 0 Å². The van der Waals surface area contributed by atoms with Gasteiger partial charge in [0.25, 0.3) is 5.91 Å². The van der Waals surface area contributed by atoms with Gasteiger partial charge in [-0.2, -0.15) is 8.78 Å². The molecule has 2 aromatic rings. The van der Waals surface area contributed by atoms with Crippen LogP contribution in [0.4, 0.5) is 8.78 Å². The van der Waals surface area contributed by atoms with Crippen molar-refractivity contribution in [2.24, 2.45) is 0 Å². The van der Waals surface area contributed by atoms with Crippen molar-refractivity contribution in [3.05, 3.63) is 65.2 Å². The predicted octanol–water partition coefficient (Wildman–Crippen LogP) is 5.09. The minimum atomic E-state index is -2.84. The van der Waals surface area contributed by atoms with Gasteiger partial charge in [-0.3, -0.25) is 4.79 Å². The summed E-state index contributed by atoms with van der Waals surface area (Å²) in [5.41, 5.74) is 2.66. The minimum Gasteiger partial charge on any atom is -0.435 e. The number of carbonyl (C=O) groups is 1. The van der Waals surface area contributed by atoms with Crippen molar-refractivity contribution in [3.63, 3.8) is 0 Å². The fourth-order valence-corrected chi connectivity index (χ4v) is 5.44. The van der Waals surface area contributed by atoms with E-state index in [0.29, 0.717) is 16.7 Å². The number of halogens is 2. The first-order valence-electron chi connectivity index (χ1n) is 8.27. The monoisotopic (exact) mass is 395 g/mol. The first-order chi connectivity index (χ1) is 12.6. The zero-order chi connectivity index (χ0) is 18.4. The normalized spacial score (nSPS) is 15.0. The van der Waals surface area contributed by atoms with Crippen LogP contribution >= 0.6 is 23.5 Å². The Bertz CT molecular complexity index is 717. The average molecular weight is 395 g/mol. The Morgan fingerprint density at radius 1 is 1.08 bits per heavy atom. The van der Waals surface area contributed by atoms with Crippen LogP contribution in [0.25, 0.3) is 0 Å². The van der Waals surface area contributed by atoms with E-state index in [1.54, 1.807) is 12.1 Å². The van der Waals surface area contributed by atoms with Gasteiger partial charge in [-0.05, 0) is 53.3 Å². The lowest BCUT2D eigenvalue weighted by Gasteiger charge is -2.21. The van der Waals surface area contributed by atoms with E-state index in [2.05, 4.69) is 10.1 Å². The molecule has 0 saturated carbocycles. The molecule has 0 spiro atoms. The topological polar surface area (TPSA) is 38.3 Å². The summed E-state index contributed by atoms with van der Waals surface area (Å²) in [6.07, 6.45) is 1.25. The number of thioether (sulfide) groups is 2. The molecule has 1 amide bonds. The number of rotatable bonds is 6. The lowest BCUT2D eigenvalue weighted by Crippen LogP contribution is -2.22. The van der Waals surface area contributed by atoms with Gasteiger partial charge >= 0.3 is 6.61 Å². The van der Waals surface area contributed by atoms with Crippen LogP contribution in [0.5, 0.6) is 5.75 Å². The molecule has 1 aliphatic heterocycles. The predicted molar refractivity (Wildman–Crippen MR) is 103 cm³/mol. The number of hydrogen-bond donors (Lipinski definition) is 1. The zero-order valence-electron chi connectivity index (χ0n) is 14.0. The van der Waals surface area contributed by atoms with Crippen molar-refractivity contribution < 1.29 is 18.3 Å². The fourth-order valence-electron chi connectivity index (χ4n) is 2.55. The number of hydrogen-bond acceptors (Lipinski definition) is 4. The van der Waals surface area contributed by atoms with Crippen molar-refractivity contribution >= 4 is 29.4 Å². The van der Waals surface area contributed by atoms with Gasteiger partial charge in [-0.15, -0.1) is 23.5 Å². The standard InChI is InChI=1S/C19H19F2NO2S2/c20-19(21)24-16-8-2-13(3-9-16)12-22-17(23)14-4-6-15(7-5-14)18-25-10-1-11-26-18/h2-9,18-19H,1,10-12H2,(H,22,23). The van der Waals surface area contributed by atoms with Crippen LogP contribution in [-0.2, 0) is 6.54 Å². The van der Waals surface area contributed by atoms with Crippen LogP contribution in [0.15, 0.2) is 48.5 Å². The molecule has 0 unspecified atom stereocenters. The highest BCUT2D eigenvalue weighted by Crippen LogP contribution is 2.43. The maximum Gasteiger partial charge on any atom is 0.387 e. The third-order valence-corrected chi connectivity index (χ3v) is 6.89. The van der Waals surface area contributed by atoms with E-state index in [-0.39, 0.29) is 11.7 Å². The van der Waals surface area contributed by atoms with Crippen LogP contribution in [0.3, 0.4) is 0 Å². The summed E-state index contributed by atoms with van der Waals surface area (Å²) in [6.45, 7) is -2.52. The molecule has 2 aromatic carbocycles. The van der Waals surface area contributed by atoms with Crippen LogP contribution in [0, 0.1) is 0 Å². The Labute approximate surface area is 159 Å². The molecule has 3 rings (SSSR count). The van der Waals surface area contributed by atoms with Crippen LogP contribution in [-0.4, -0.2) is 24.0 Å². The second-order valence-electron chi connectivity index (χ2n) is 5.75. The molecule has 1 aliphatic rings. The molecule has 0 atom stereocenters. The molecule has 1 N–H and O–H groups in total. The average Bonchev–Trinajstić information content (AvgIpc) is 2.67. The Morgan fingerprint density at radius 2 is 1.73 bits per heavy atom. The van der Waals surface area contributed by atoms with Crippen LogP contribution in [0.2, 0.25) is 0 Å². The van der Waals surface area contributed by atoms with Crippen molar-refractivity contribution in [2.75, 3.05) is 11.5 Å². The summed E-state index contributed by atoms with van der Waals surface area (Å²) in [4.78, 5) is 12.3. The smallest absolute Gasteiger partial charge is 0.387 e. The van der Waals surface area contributed by atoms with E-state index < -0.39 is 6.61 Å². The number of alkyl halides is 2. The summed E-state index contributed by atoms with van der Waals surface area (Å²) in [5, 5.41) is 2.84. The highest BCUT2D eigenvalue weighted by molar-refractivity contribution is 8.16. The third-order valence-electron chi connectivity index (χ3n) is 3.87. The van der Waals surface area contributed by atoms with Gasteiger partial charge in [0.2, 0.25) is 0 Å². The first kappa shape index (κ1) is 19.0. The summed E-state index contributed by atoms with van der Waals surface area (Å²) >= 11 is 3.90. The lowest BCUT2D eigenvalue weighted by atomic mass is 10.1. The fraction of sp³-hybridized carbons (Fsp3) is 0.316. The lowest BCUT2D eigenvalue weighted by molar-refractivity contribution is -0.0498. The number of ether oxygens (including phenoxy) is 1. The number of carbonyl (C=O) groups excluding carboxylic acids is 1. The Balaban J connectivity index is 1.53. The Morgan fingerprint density at radius 3 is 2.35 bits per heavy atom. The zero-order valence-corrected chi connectivity index (χ0v) is 15.6. The summed E-state index contributed by atoms with van der Waals surface area (Å²) < 4.78 is 29.0. The van der Waals surface area contributed by atoms with Crippen LogP contribution < -0.4 is 10.1 Å². The molecule has 26 heavy (non-hydrogen) atoms. The molecular formula is C19H19F2NO2S2. The minimum absolute atomic E-state index is 0.101. The second-order valence-corrected chi connectivity index (χ2v) is 8.48. The van der Waals surface area contributed by atoms with Crippen molar-refractivity contribution in [1.82, 2.24) is 5.32 Å². The van der Waals surface area contributed by atoms with Gasteiger partial charge in [-0.1, -0.05) is 24.3 Å².